The first kappa shape index (κ1) is 18.4. The zero-order chi connectivity index (χ0) is 18.9. The quantitative estimate of drug-likeness (QED) is 0.817. The lowest BCUT2D eigenvalue weighted by Gasteiger charge is -2.41. The van der Waals surface area contributed by atoms with Crippen molar-refractivity contribution in [3.63, 3.8) is 0 Å². The van der Waals surface area contributed by atoms with Gasteiger partial charge in [-0.2, -0.15) is 0 Å². The molecule has 6 nitrogen and oxygen atoms in total. The molecule has 3 N–H and O–H groups in total. The second-order valence-corrected chi connectivity index (χ2v) is 8.66. The van der Waals surface area contributed by atoms with Gasteiger partial charge in [-0.1, -0.05) is 30.3 Å². The Hall–Kier alpha value is -1.96. The SMILES string of the molecule is Nc1nc2c(s1)CN(C[C@@]1(O)CCCN(CCc3ccccc3)C1=O)CC2. The Balaban J connectivity index is 1.39. The minimum absolute atomic E-state index is 0.126. The number of rotatable bonds is 5. The molecular formula is C20H26N4O2S. The fourth-order valence-corrected chi connectivity index (χ4v) is 5.03. The summed E-state index contributed by atoms with van der Waals surface area (Å²) >= 11 is 1.51. The fourth-order valence-electron chi connectivity index (χ4n) is 4.11. The molecule has 4 rings (SSSR count). The molecule has 2 aliphatic rings. The van der Waals surface area contributed by atoms with E-state index in [4.69, 9.17) is 5.73 Å². The van der Waals surface area contributed by atoms with Gasteiger partial charge in [0.15, 0.2) is 10.7 Å². The molecule has 0 unspecified atom stereocenters. The van der Waals surface area contributed by atoms with Gasteiger partial charge in [-0.25, -0.2) is 4.98 Å². The number of β-amino-alcohol motifs (C(OH)–C–C–N with tert-alkyl or cyclic N) is 1. The van der Waals surface area contributed by atoms with Gasteiger partial charge < -0.3 is 15.7 Å². The molecular weight excluding hydrogens is 360 g/mol. The minimum Gasteiger partial charge on any atom is -0.379 e. The molecule has 27 heavy (non-hydrogen) atoms. The lowest BCUT2D eigenvalue weighted by atomic mass is 9.90. The summed E-state index contributed by atoms with van der Waals surface area (Å²) in [5.74, 6) is -0.126. The predicted octanol–water partition coefficient (Wildman–Crippen LogP) is 1.68. The average Bonchev–Trinajstić information content (AvgIpc) is 3.03. The van der Waals surface area contributed by atoms with E-state index in [-0.39, 0.29) is 5.91 Å². The van der Waals surface area contributed by atoms with Crippen molar-refractivity contribution in [1.29, 1.82) is 0 Å². The number of fused-ring (bicyclic) bond motifs is 1. The molecule has 2 aliphatic heterocycles. The van der Waals surface area contributed by atoms with E-state index in [0.717, 1.165) is 42.9 Å². The van der Waals surface area contributed by atoms with Gasteiger partial charge in [0.1, 0.15) is 0 Å². The van der Waals surface area contributed by atoms with Crippen LogP contribution in [0.1, 0.15) is 29.0 Å². The third-order valence-corrected chi connectivity index (χ3v) is 6.44. The third kappa shape index (κ3) is 4.00. The van der Waals surface area contributed by atoms with Crippen LogP contribution in [0.2, 0.25) is 0 Å². The van der Waals surface area contributed by atoms with Gasteiger partial charge in [0.25, 0.3) is 5.91 Å². The lowest BCUT2D eigenvalue weighted by Crippen LogP contribution is -2.59. The van der Waals surface area contributed by atoms with E-state index in [0.29, 0.717) is 31.2 Å². The molecule has 0 saturated carbocycles. The molecule has 7 heteroatoms. The zero-order valence-corrected chi connectivity index (χ0v) is 16.2. The highest BCUT2D eigenvalue weighted by Gasteiger charge is 2.43. The van der Waals surface area contributed by atoms with Gasteiger partial charge in [-0.3, -0.25) is 9.69 Å². The van der Waals surface area contributed by atoms with Crippen LogP contribution in [0.3, 0.4) is 0 Å². The molecule has 144 valence electrons. The second-order valence-electron chi connectivity index (χ2n) is 7.55. The van der Waals surface area contributed by atoms with E-state index in [2.05, 4.69) is 22.0 Å². The number of benzene rings is 1. The van der Waals surface area contributed by atoms with Gasteiger partial charge in [0.05, 0.1) is 5.69 Å². The molecule has 0 bridgehead atoms. The number of carbonyl (C=O) groups is 1. The van der Waals surface area contributed by atoms with Gasteiger partial charge in [0.2, 0.25) is 0 Å². The molecule has 1 aromatic carbocycles. The maximum absolute atomic E-state index is 13.0. The summed E-state index contributed by atoms with van der Waals surface area (Å²) in [7, 11) is 0. The Morgan fingerprint density at radius 2 is 2.07 bits per heavy atom. The third-order valence-electron chi connectivity index (χ3n) is 5.53. The number of hydrogen-bond donors (Lipinski definition) is 2. The van der Waals surface area contributed by atoms with Crippen molar-refractivity contribution in [3.05, 3.63) is 46.5 Å². The van der Waals surface area contributed by atoms with Crippen LogP contribution in [0, 0.1) is 0 Å². The highest BCUT2D eigenvalue weighted by Crippen LogP contribution is 2.30. The first-order chi connectivity index (χ1) is 13.0. The van der Waals surface area contributed by atoms with Gasteiger partial charge in [0, 0.05) is 44.0 Å². The number of amides is 1. The van der Waals surface area contributed by atoms with E-state index in [1.807, 2.05) is 23.1 Å². The van der Waals surface area contributed by atoms with Crippen LogP contribution in [0.4, 0.5) is 5.13 Å². The monoisotopic (exact) mass is 386 g/mol. The second kappa shape index (κ2) is 7.58. The molecule has 1 atom stereocenters. The number of nitrogens with zero attached hydrogens (tertiary/aromatic N) is 3. The van der Waals surface area contributed by atoms with Crippen molar-refractivity contribution in [2.24, 2.45) is 0 Å². The van der Waals surface area contributed by atoms with Crippen molar-refractivity contribution < 1.29 is 9.90 Å². The number of thiazole rings is 1. The van der Waals surface area contributed by atoms with Gasteiger partial charge in [-0.05, 0) is 24.8 Å². The first-order valence-corrected chi connectivity index (χ1v) is 10.4. The maximum Gasteiger partial charge on any atom is 0.255 e. The summed E-state index contributed by atoms with van der Waals surface area (Å²) < 4.78 is 0. The molecule has 1 fully saturated rings. The number of aliphatic hydroxyl groups is 1. The van der Waals surface area contributed by atoms with Crippen LogP contribution in [-0.2, 0) is 24.2 Å². The normalized spacial score (nSPS) is 23.4. The molecule has 0 aliphatic carbocycles. The number of nitrogen functional groups attached to an aromatic ring is 1. The number of likely N-dealkylation sites (tertiary alicyclic amines) is 1. The topological polar surface area (TPSA) is 82.7 Å². The van der Waals surface area contributed by atoms with Crippen LogP contribution in [-0.4, -0.2) is 57.6 Å². The smallest absolute Gasteiger partial charge is 0.255 e. The molecule has 3 heterocycles. The largest absolute Gasteiger partial charge is 0.379 e. The van der Waals surface area contributed by atoms with Crippen molar-refractivity contribution in [3.8, 4) is 0 Å². The number of aromatic nitrogens is 1. The minimum atomic E-state index is -1.29. The van der Waals surface area contributed by atoms with Crippen molar-refractivity contribution in [2.45, 2.75) is 37.8 Å². The van der Waals surface area contributed by atoms with Crippen molar-refractivity contribution in [1.82, 2.24) is 14.8 Å². The Morgan fingerprint density at radius 1 is 1.26 bits per heavy atom. The van der Waals surface area contributed by atoms with E-state index in [1.165, 1.54) is 16.9 Å². The average molecular weight is 387 g/mol. The Labute approximate surface area is 163 Å². The number of hydrogen-bond acceptors (Lipinski definition) is 6. The highest BCUT2D eigenvalue weighted by atomic mass is 32.1. The summed E-state index contributed by atoms with van der Waals surface area (Å²) in [4.78, 5) is 22.5. The van der Waals surface area contributed by atoms with Gasteiger partial charge >= 0.3 is 0 Å². The summed E-state index contributed by atoms with van der Waals surface area (Å²) in [6.45, 7) is 3.27. The van der Waals surface area contributed by atoms with Crippen LogP contribution in [0.25, 0.3) is 0 Å². The van der Waals surface area contributed by atoms with Crippen LogP contribution in [0.15, 0.2) is 30.3 Å². The van der Waals surface area contributed by atoms with Crippen LogP contribution in [0.5, 0.6) is 0 Å². The Kier molecular flexibility index (Phi) is 5.16. The molecule has 0 spiro atoms. The van der Waals surface area contributed by atoms with Gasteiger partial charge in [-0.15, -0.1) is 11.3 Å². The Morgan fingerprint density at radius 3 is 2.89 bits per heavy atom. The van der Waals surface area contributed by atoms with E-state index in [9.17, 15) is 9.90 Å². The molecule has 1 aromatic heterocycles. The number of piperidine rings is 1. The lowest BCUT2D eigenvalue weighted by molar-refractivity contribution is -0.159. The summed E-state index contributed by atoms with van der Waals surface area (Å²) in [6, 6.07) is 10.2. The van der Waals surface area contributed by atoms with E-state index < -0.39 is 5.60 Å². The maximum atomic E-state index is 13.0. The van der Waals surface area contributed by atoms with Crippen molar-refractivity contribution in [2.75, 3.05) is 31.9 Å². The summed E-state index contributed by atoms with van der Waals surface area (Å²) in [6.07, 6.45) is 3.01. The molecule has 1 amide bonds. The fraction of sp³-hybridized carbons (Fsp3) is 0.500. The van der Waals surface area contributed by atoms with E-state index in [1.54, 1.807) is 0 Å². The predicted molar refractivity (Wildman–Crippen MR) is 106 cm³/mol. The molecule has 2 aromatic rings. The summed E-state index contributed by atoms with van der Waals surface area (Å²) in [5.41, 5.74) is 6.81. The number of nitrogens with two attached hydrogens (primary N) is 1. The van der Waals surface area contributed by atoms with Crippen LogP contribution >= 0.6 is 11.3 Å². The zero-order valence-electron chi connectivity index (χ0n) is 15.4. The van der Waals surface area contributed by atoms with Crippen molar-refractivity contribution >= 4 is 22.4 Å². The van der Waals surface area contributed by atoms with E-state index >= 15 is 0 Å². The first-order valence-electron chi connectivity index (χ1n) is 9.56. The van der Waals surface area contributed by atoms with Crippen LogP contribution < -0.4 is 5.73 Å². The molecule has 0 radical (unpaired) electrons. The Bertz CT molecular complexity index is 810. The molecule has 1 saturated heterocycles. The summed E-state index contributed by atoms with van der Waals surface area (Å²) in [5, 5.41) is 11.7. The standard InChI is InChI=1S/C20H26N4O2S/c21-19-22-16-8-11-23(13-17(16)27-19)14-20(26)9-4-10-24(18(20)25)12-7-15-5-2-1-3-6-15/h1-3,5-6,26H,4,7-14H2,(H2,21,22)/t20-/m0/s1. The number of anilines is 1. The highest BCUT2D eigenvalue weighted by molar-refractivity contribution is 7.15. The number of carbonyl (C=O) groups excluding carboxylic acids is 1.